The van der Waals surface area contributed by atoms with Crippen LogP contribution in [0.2, 0.25) is 0 Å². The van der Waals surface area contributed by atoms with Gasteiger partial charge >= 0.3 is 0 Å². The van der Waals surface area contributed by atoms with Gasteiger partial charge in [-0.05, 0) is 37.5 Å². The van der Waals surface area contributed by atoms with Crippen LogP contribution in [0.3, 0.4) is 0 Å². The first kappa shape index (κ1) is 19.9. The number of carbonyl (C=O) groups excluding carboxylic acids is 1. The lowest BCUT2D eigenvalue weighted by Crippen LogP contribution is -2.46. The Morgan fingerprint density at radius 2 is 1.96 bits per heavy atom. The summed E-state index contributed by atoms with van der Waals surface area (Å²) >= 11 is 0. The topological polar surface area (TPSA) is 55.1 Å². The molecule has 1 aromatic rings. The van der Waals surface area contributed by atoms with Gasteiger partial charge in [0.15, 0.2) is 0 Å². The molecule has 1 saturated carbocycles. The normalized spacial score (nSPS) is 19.3. The number of rotatable bonds is 5. The SMILES string of the molecule is CC(N)C(C)C(=O)NCC1(c2cccc(F)c2)CCCCC1.Cl. The van der Waals surface area contributed by atoms with Crippen molar-refractivity contribution in [3.8, 4) is 0 Å². The Labute approximate surface area is 144 Å². The highest BCUT2D eigenvalue weighted by atomic mass is 35.5. The molecular weight excluding hydrogens is 315 g/mol. The summed E-state index contributed by atoms with van der Waals surface area (Å²) in [4.78, 5) is 12.2. The molecule has 3 nitrogen and oxygen atoms in total. The second kappa shape index (κ2) is 8.65. The van der Waals surface area contributed by atoms with Crippen LogP contribution in [-0.4, -0.2) is 18.5 Å². The quantitative estimate of drug-likeness (QED) is 0.859. The molecule has 130 valence electrons. The summed E-state index contributed by atoms with van der Waals surface area (Å²) in [7, 11) is 0. The molecule has 1 aliphatic rings. The molecule has 1 aromatic carbocycles. The van der Waals surface area contributed by atoms with Crippen LogP contribution in [-0.2, 0) is 10.2 Å². The molecule has 0 aliphatic heterocycles. The fourth-order valence-electron chi connectivity index (χ4n) is 3.27. The number of nitrogens with two attached hydrogens (primary N) is 1. The predicted octanol–water partition coefficient (Wildman–Crippen LogP) is 3.55. The maximum atomic E-state index is 13.6. The number of hydrogen-bond donors (Lipinski definition) is 2. The van der Waals surface area contributed by atoms with Crippen molar-refractivity contribution in [2.24, 2.45) is 11.7 Å². The molecule has 0 heterocycles. The van der Waals surface area contributed by atoms with Gasteiger partial charge in [0.05, 0.1) is 0 Å². The summed E-state index contributed by atoms with van der Waals surface area (Å²) in [5, 5.41) is 3.05. The molecule has 0 aromatic heterocycles. The number of amides is 1. The second-order valence-corrected chi connectivity index (χ2v) is 6.72. The van der Waals surface area contributed by atoms with E-state index >= 15 is 0 Å². The molecule has 1 fully saturated rings. The van der Waals surface area contributed by atoms with Crippen LogP contribution >= 0.6 is 12.4 Å². The summed E-state index contributed by atoms with van der Waals surface area (Å²) in [5.41, 5.74) is 6.65. The Morgan fingerprint density at radius 3 is 2.52 bits per heavy atom. The number of halogens is 2. The molecule has 2 atom stereocenters. The van der Waals surface area contributed by atoms with E-state index in [0.29, 0.717) is 6.54 Å². The number of hydrogen-bond acceptors (Lipinski definition) is 2. The third kappa shape index (κ3) is 4.92. The minimum Gasteiger partial charge on any atom is -0.355 e. The van der Waals surface area contributed by atoms with Crippen molar-refractivity contribution in [3.05, 3.63) is 35.6 Å². The first-order chi connectivity index (χ1) is 10.4. The maximum absolute atomic E-state index is 13.6. The fourth-order valence-corrected chi connectivity index (χ4v) is 3.27. The predicted molar refractivity (Wildman–Crippen MR) is 94.2 cm³/mol. The standard InChI is InChI=1S/C18H27FN2O.ClH/c1-13(14(2)20)17(22)21-12-18(9-4-3-5-10-18)15-7-6-8-16(19)11-15;/h6-8,11,13-14H,3-5,9-10,12,20H2,1-2H3,(H,21,22);1H. The molecule has 0 bridgehead atoms. The Bertz CT molecular complexity index is 515. The molecule has 0 saturated heterocycles. The van der Waals surface area contributed by atoms with E-state index in [9.17, 15) is 9.18 Å². The zero-order valence-corrected chi connectivity index (χ0v) is 14.8. The van der Waals surface area contributed by atoms with Gasteiger partial charge in [0, 0.05) is 23.9 Å². The van der Waals surface area contributed by atoms with Crippen molar-refractivity contribution in [1.29, 1.82) is 0 Å². The van der Waals surface area contributed by atoms with Crippen molar-refractivity contribution in [2.75, 3.05) is 6.54 Å². The van der Waals surface area contributed by atoms with Gasteiger partial charge in [-0.25, -0.2) is 4.39 Å². The molecule has 2 unspecified atom stereocenters. The highest BCUT2D eigenvalue weighted by Crippen LogP contribution is 2.39. The molecular formula is C18H28ClFN2O. The molecule has 5 heteroatoms. The number of carbonyl (C=O) groups is 1. The first-order valence-electron chi connectivity index (χ1n) is 8.24. The van der Waals surface area contributed by atoms with Crippen molar-refractivity contribution in [3.63, 3.8) is 0 Å². The van der Waals surface area contributed by atoms with E-state index in [-0.39, 0.29) is 41.5 Å². The van der Waals surface area contributed by atoms with Gasteiger partial charge in [-0.1, -0.05) is 38.3 Å². The molecule has 1 amide bonds. The maximum Gasteiger partial charge on any atom is 0.224 e. The van der Waals surface area contributed by atoms with Gasteiger partial charge < -0.3 is 11.1 Å². The van der Waals surface area contributed by atoms with Gasteiger partial charge in [0.1, 0.15) is 5.82 Å². The average molecular weight is 343 g/mol. The first-order valence-corrected chi connectivity index (χ1v) is 8.24. The second-order valence-electron chi connectivity index (χ2n) is 6.72. The molecule has 1 aliphatic carbocycles. The monoisotopic (exact) mass is 342 g/mol. The van der Waals surface area contributed by atoms with Crippen LogP contribution in [0, 0.1) is 11.7 Å². The van der Waals surface area contributed by atoms with Crippen LogP contribution in [0.4, 0.5) is 4.39 Å². The molecule has 0 spiro atoms. The average Bonchev–Trinajstić information content (AvgIpc) is 2.52. The Morgan fingerprint density at radius 1 is 1.30 bits per heavy atom. The van der Waals surface area contributed by atoms with Crippen LogP contribution in [0.5, 0.6) is 0 Å². The van der Waals surface area contributed by atoms with Crippen LogP contribution in [0.1, 0.15) is 51.5 Å². The van der Waals surface area contributed by atoms with Gasteiger partial charge in [-0.2, -0.15) is 0 Å². The molecule has 23 heavy (non-hydrogen) atoms. The smallest absolute Gasteiger partial charge is 0.224 e. The van der Waals surface area contributed by atoms with Gasteiger partial charge in [-0.15, -0.1) is 12.4 Å². The third-order valence-corrected chi connectivity index (χ3v) is 5.05. The summed E-state index contributed by atoms with van der Waals surface area (Å²) in [6.07, 6.45) is 5.43. The zero-order valence-electron chi connectivity index (χ0n) is 14.0. The van der Waals surface area contributed by atoms with Crippen molar-refractivity contribution < 1.29 is 9.18 Å². The van der Waals surface area contributed by atoms with E-state index in [1.54, 1.807) is 12.1 Å². The lowest BCUT2D eigenvalue weighted by atomic mass is 9.69. The summed E-state index contributed by atoms with van der Waals surface area (Å²) in [5.74, 6) is -0.442. The van der Waals surface area contributed by atoms with Crippen molar-refractivity contribution >= 4 is 18.3 Å². The van der Waals surface area contributed by atoms with Crippen LogP contribution in [0.25, 0.3) is 0 Å². The summed E-state index contributed by atoms with van der Waals surface area (Å²) in [6, 6.07) is 6.66. The lowest BCUT2D eigenvalue weighted by Gasteiger charge is -2.38. The van der Waals surface area contributed by atoms with Crippen molar-refractivity contribution in [1.82, 2.24) is 5.32 Å². The highest BCUT2D eigenvalue weighted by molar-refractivity contribution is 5.85. The van der Waals surface area contributed by atoms with E-state index in [4.69, 9.17) is 5.73 Å². The minimum absolute atomic E-state index is 0. The van der Waals surface area contributed by atoms with Crippen molar-refractivity contribution in [2.45, 2.75) is 57.4 Å². The van der Waals surface area contributed by atoms with Crippen LogP contribution < -0.4 is 11.1 Å². The molecule has 0 radical (unpaired) electrons. The van der Waals surface area contributed by atoms with E-state index in [1.165, 1.54) is 12.5 Å². The van der Waals surface area contributed by atoms with E-state index in [2.05, 4.69) is 5.32 Å². The van der Waals surface area contributed by atoms with Gasteiger partial charge in [-0.3, -0.25) is 4.79 Å². The number of benzene rings is 1. The Kier molecular flexibility index (Phi) is 7.49. The lowest BCUT2D eigenvalue weighted by molar-refractivity contribution is -0.125. The van der Waals surface area contributed by atoms with E-state index in [0.717, 1.165) is 31.2 Å². The molecule has 3 N–H and O–H groups in total. The third-order valence-electron chi connectivity index (χ3n) is 5.05. The van der Waals surface area contributed by atoms with Gasteiger partial charge in [0.25, 0.3) is 0 Å². The van der Waals surface area contributed by atoms with Crippen LogP contribution in [0.15, 0.2) is 24.3 Å². The summed E-state index contributed by atoms with van der Waals surface area (Å²) in [6.45, 7) is 4.25. The van der Waals surface area contributed by atoms with E-state index < -0.39 is 0 Å². The minimum atomic E-state index is -0.215. The Balaban J connectivity index is 0.00000264. The van der Waals surface area contributed by atoms with E-state index in [1.807, 2.05) is 19.9 Å². The highest BCUT2D eigenvalue weighted by Gasteiger charge is 2.35. The van der Waals surface area contributed by atoms with Gasteiger partial charge in [0.2, 0.25) is 5.91 Å². The zero-order chi connectivity index (χ0) is 16.2. The fraction of sp³-hybridized carbons (Fsp3) is 0.611. The Hall–Kier alpha value is -1.13. The molecule has 2 rings (SSSR count). The largest absolute Gasteiger partial charge is 0.355 e. The number of nitrogens with one attached hydrogen (secondary N) is 1. The summed E-state index contributed by atoms with van der Waals surface area (Å²) < 4.78 is 13.6.